The highest BCUT2D eigenvalue weighted by molar-refractivity contribution is 5.83. The first kappa shape index (κ1) is 16.0. The summed E-state index contributed by atoms with van der Waals surface area (Å²) >= 11 is 0. The van der Waals surface area contributed by atoms with E-state index in [2.05, 4.69) is 10.5 Å². The van der Waals surface area contributed by atoms with Crippen molar-refractivity contribution in [1.29, 1.82) is 0 Å². The largest absolute Gasteiger partial charge is 0.508 e. The van der Waals surface area contributed by atoms with Crippen LogP contribution < -0.4 is 10.2 Å². The molecule has 2 N–H and O–H groups in total. The highest BCUT2D eigenvalue weighted by atomic mass is 16.6. The molecule has 0 saturated carbocycles. The van der Waals surface area contributed by atoms with Crippen LogP contribution in [0.5, 0.6) is 11.5 Å². The fraction of sp³-hybridized carbons (Fsp3) is 0.0667. The first-order valence-electron chi connectivity index (χ1n) is 6.53. The molecule has 0 radical (unpaired) electrons. The summed E-state index contributed by atoms with van der Waals surface area (Å²) in [7, 11) is 0. The molecule has 0 heterocycles. The van der Waals surface area contributed by atoms with Gasteiger partial charge in [-0.2, -0.15) is 5.10 Å². The van der Waals surface area contributed by atoms with Gasteiger partial charge in [0.2, 0.25) is 0 Å². The van der Waals surface area contributed by atoms with E-state index in [-0.39, 0.29) is 17.2 Å². The fourth-order valence-corrected chi connectivity index (χ4v) is 1.69. The second-order valence-corrected chi connectivity index (χ2v) is 4.40. The van der Waals surface area contributed by atoms with Crippen molar-refractivity contribution in [2.24, 2.45) is 5.10 Å². The molecule has 2 rings (SSSR count). The maximum atomic E-state index is 11.6. The zero-order valence-electron chi connectivity index (χ0n) is 11.9. The standard InChI is InChI=1S/C15H13N3O5/c19-12-5-3-4-11(8-12)9-16-17-15(20)10-23-14-7-2-1-6-13(14)18(21)22/h1-9,19H,10H2,(H,17,20). The number of nitro groups is 1. The summed E-state index contributed by atoms with van der Waals surface area (Å²) in [5.41, 5.74) is 2.61. The van der Waals surface area contributed by atoms with Crippen LogP contribution in [-0.4, -0.2) is 28.8 Å². The molecule has 2 aromatic carbocycles. The summed E-state index contributed by atoms with van der Waals surface area (Å²) in [5.74, 6) is -0.482. The number of carbonyl (C=O) groups excluding carboxylic acids is 1. The van der Waals surface area contributed by atoms with Crippen molar-refractivity contribution in [2.45, 2.75) is 0 Å². The number of para-hydroxylation sites is 2. The second-order valence-electron chi connectivity index (χ2n) is 4.40. The third-order valence-corrected chi connectivity index (χ3v) is 2.69. The zero-order valence-corrected chi connectivity index (χ0v) is 11.9. The first-order chi connectivity index (χ1) is 11.1. The predicted octanol–water partition coefficient (Wildman–Crippen LogP) is 1.83. The number of nitrogens with zero attached hydrogens (tertiary/aromatic N) is 2. The molecular weight excluding hydrogens is 302 g/mol. The number of hydrogen-bond acceptors (Lipinski definition) is 6. The normalized spacial score (nSPS) is 10.4. The van der Waals surface area contributed by atoms with Crippen molar-refractivity contribution in [3.63, 3.8) is 0 Å². The third-order valence-electron chi connectivity index (χ3n) is 2.69. The van der Waals surface area contributed by atoms with Crippen LogP contribution in [0.3, 0.4) is 0 Å². The van der Waals surface area contributed by atoms with E-state index in [0.29, 0.717) is 5.56 Å². The van der Waals surface area contributed by atoms with Crippen molar-refractivity contribution in [3.8, 4) is 11.5 Å². The van der Waals surface area contributed by atoms with Gasteiger partial charge in [-0.25, -0.2) is 5.43 Å². The van der Waals surface area contributed by atoms with Crippen molar-refractivity contribution in [2.75, 3.05) is 6.61 Å². The van der Waals surface area contributed by atoms with Crippen LogP contribution >= 0.6 is 0 Å². The highest BCUT2D eigenvalue weighted by Gasteiger charge is 2.14. The number of carbonyl (C=O) groups is 1. The SMILES string of the molecule is O=C(COc1ccccc1[N+](=O)[O-])NN=Cc1cccc(O)c1. The Labute approximate surface area is 131 Å². The molecule has 118 valence electrons. The van der Waals surface area contributed by atoms with E-state index in [4.69, 9.17) is 4.74 Å². The van der Waals surface area contributed by atoms with Crippen LogP contribution in [0.25, 0.3) is 0 Å². The molecule has 0 bridgehead atoms. The Bertz CT molecular complexity index is 745. The molecule has 0 atom stereocenters. The van der Waals surface area contributed by atoms with E-state index in [1.807, 2.05) is 0 Å². The van der Waals surface area contributed by atoms with Gasteiger partial charge in [-0.1, -0.05) is 24.3 Å². The molecule has 0 aliphatic carbocycles. The summed E-state index contributed by atoms with van der Waals surface area (Å²) in [4.78, 5) is 21.8. The van der Waals surface area contributed by atoms with Crippen molar-refractivity contribution >= 4 is 17.8 Å². The molecule has 0 fully saturated rings. The zero-order chi connectivity index (χ0) is 16.7. The van der Waals surface area contributed by atoms with Crippen molar-refractivity contribution < 1.29 is 19.6 Å². The Morgan fingerprint density at radius 3 is 2.83 bits per heavy atom. The number of amides is 1. The van der Waals surface area contributed by atoms with Gasteiger partial charge in [0, 0.05) is 6.07 Å². The van der Waals surface area contributed by atoms with Gasteiger partial charge < -0.3 is 9.84 Å². The Balaban J connectivity index is 1.87. The van der Waals surface area contributed by atoms with E-state index >= 15 is 0 Å². The lowest BCUT2D eigenvalue weighted by molar-refractivity contribution is -0.385. The Morgan fingerprint density at radius 1 is 1.30 bits per heavy atom. The van der Waals surface area contributed by atoms with Gasteiger partial charge >= 0.3 is 5.69 Å². The quantitative estimate of drug-likeness (QED) is 0.479. The molecule has 0 aliphatic rings. The monoisotopic (exact) mass is 315 g/mol. The van der Waals surface area contributed by atoms with E-state index in [1.54, 1.807) is 18.2 Å². The number of phenols is 1. The fourth-order valence-electron chi connectivity index (χ4n) is 1.69. The number of nitro benzene ring substituents is 1. The van der Waals surface area contributed by atoms with Crippen LogP contribution in [0.15, 0.2) is 53.6 Å². The number of hydrogen-bond donors (Lipinski definition) is 2. The van der Waals surface area contributed by atoms with E-state index in [0.717, 1.165) is 0 Å². The van der Waals surface area contributed by atoms with Gasteiger partial charge in [-0.15, -0.1) is 0 Å². The van der Waals surface area contributed by atoms with Gasteiger partial charge in [-0.05, 0) is 23.8 Å². The highest BCUT2D eigenvalue weighted by Crippen LogP contribution is 2.25. The van der Waals surface area contributed by atoms with Gasteiger partial charge in [-0.3, -0.25) is 14.9 Å². The summed E-state index contributed by atoms with van der Waals surface area (Å²) in [6.45, 7) is -0.414. The van der Waals surface area contributed by atoms with Gasteiger partial charge in [0.05, 0.1) is 11.1 Å². The molecule has 0 unspecified atom stereocenters. The van der Waals surface area contributed by atoms with Gasteiger partial charge in [0.25, 0.3) is 5.91 Å². The van der Waals surface area contributed by atoms with Crippen LogP contribution in [0.2, 0.25) is 0 Å². The van der Waals surface area contributed by atoms with Crippen molar-refractivity contribution in [3.05, 3.63) is 64.2 Å². The Morgan fingerprint density at radius 2 is 2.09 bits per heavy atom. The lowest BCUT2D eigenvalue weighted by Gasteiger charge is -2.05. The average molecular weight is 315 g/mol. The minimum atomic E-state index is -0.590. The van der Waals surface area contributed by atoms with Crippen LogP contribution in [-0.2, 0) is 4.79 Å². The molecule has 8 nitrogen and oxygen atoms in total. The minimum Gasteiger partial charge on any atom is -0.508 e. The Hall–Kier alpha value is -3.42. The molecule has 0 aliphatic heterocycles. The second kappa shape index (κ2) is 7.55. The van der Waals surface area contributed by atoms with Gasteiger partial charge in [0.1, 0.15) is 5.75 Å². The average Bonchev–Trinajstić information content (AvgIpc) is 2.53. The molecule has 2 aromatic rings. The smallest absolute Gasteiger partial charge is 0.310 e. The van der Waals surface area contributed by atoms with Crippen molar-refractivity contribution in [1.82, 2.24) is 5.43 Å². The lowest BCUT2D eigenvalue weighted by Crippen LogP contribution is -2.24. The maximum absolute atomic E-state index is 11.6. The number of nitrogens with one attached hydrogen (secondary N) is 1. The van der Waals surface area contributed by atoms with Crippen LogP contribution in [0.1, 0.15) is 5.56 Å². The van der Waals surface area contributed by atoms with E-state index in [9.17, 15) is 20.0 Å². The number of rotatable bonds is 6. The molecule has 0 spiro atoms. The van der Waals surface area contributed by atoms with Gasteiger partial charge in [0.15, 0.2) is 12.4 Å². The van der Waals surface area contributed by atoms with E-state index in [1.165, 1.54) is 36.5 Å². The summed E-state index contributed by atoms with van der Waals surface area (Å²) < 4.78 is 5.11. The molecule has 1 amide bonds. The number of benzene rings is 2. The minimum absolute atomic E-state index is 0.00427. The molecule has 23 heavy (non-hydrogen) atoms. The molecular formula is C15H13N3O5. The topological polar surface area (TPSA) is 114 Å². The van der Waals surface area contributed by atoms with Crippen LogP contribution in [0, 0.1) is 10.1 Å². The third kappa shape index (κ3) is 4.81. The summed E-state index contributed by atoms with van der Waals surface area (Å²) in [6.07, 6.45) is 1.35. The summed E-state index contributed by atoms with van der Waals surface area (Å²) in [5, 5.41) is 23.8. The number of hydrazone groups is 1. The van der Waals surface area contributed by atoms with Crippen LogP contribution in [0.4, 0.5) is 5.69 Å². The summed E-state index contributed by atoms with van der Waals surface area (Å²) in [6, 6.07) is 12.1. The van der Waals surface area contributed by atoms with E-state index < -0.39 is 17.4 Å². The molecule has 0 saturated heterocycles. The molecule has 0 aromatic heterocycles. The first-order valence-corrected chi connectivity index (χ1v) is 6.53. The number of phenolic OH excluding ortho intramolecular Hbond substituents is 1. The number of aromatic hydroxyl groups is 1. The predicted molar refractivity (Wildman–Crippen MR) is 82.4 cm³/mol. The molecule has 8 heteroatoms. The Kier molecular flexibility index (Phi) is 5.24. The lowest BCUT2D eigenvalue weighted by atomic mass is 10.2. The number of ether oxygens (including phenoxy) is 1. The maximum Gasteiger partial charge on any atom is 0.310 e.